The Morgan fingerprint density at radius 1 is 1.17 bits per heavy atom. The number of nitrogens with zero attached hydrogens (tertiary/aromatic N) is 1. The van der Waals surface area contributed by atoms with Crippen molar-refractivity contribution in [2.75, 3.05) is 0 Å². The predicted octanol–water partition coefficient (Wildman–Crippen LogP) is 4.55. The van der Waals surface area contributed by atoms with E-state index in [9.17, 15) is 4.79 Å². The molecule has 1 aromatic heterocycles. The number of aromatic nitrogens is 1. The first-order valence-corrected chi connectivity index (χ1v) is 8.10. The number of halogens is 1. The zero-order valence-electron chi connectivity index (χ0n) is 13.3. The Morgan fingerprint density at radius 2 is 1.91 bits per heavy atom. The van der Waals surface area contributed by atoms with Gasteiger partial charge < -0.3 is 9.88 Å². The van der Waals surface area contributed by atoms with E-state index in [0.717, 1.165) is 28.6 Å². The van der Waals surface area contributed by atoms with Gasteiger partial charge in [-0.2, -0.15) is 0 Å². The molecule has 0 unspecified atom stereocenters. The van der Waals surface area contributed by atoms with E-state index in [1.165, 1.54) is 0 Å². The predicted molar refractivity (Wildman–Crippen MR) is 95.0 cm³/mol. The number of hydrogen-bond acceptors (Lipinski definition) is 1. The van der Waals surface area contributed by atoms with Crippen molar-refractivity contribution < 1.29 is 4.79 Å². The van der Waals surface area contributed by atoms with E-state index < -0.39 is 0 Å². The second-order valence-corrected chi connectivity index (χ2v) is 5.98. The Bertz CT molecular complexity index is 853. The molecule has 3 aromatic rings. The maximum atomic E-state index is 12.7. The summed E-state index contributed by atoms with van der Waals surface area (Å²) in [4.78, 5) is 12.7. The van der Waals surface area contributed by atoms with Gasteiger partial charge in [0.2, 0.25) is 0 Å². The molecule has 0 fully saturated rings. The monoisotopic (exact) mass is 326 g/mol. The third-order valence-electron chi connectivity index (χ3n) is 4.11. The Labute approximate surface area is 140 Å². The van der Waals surface area contributed by atoms with E-state index in [2.05, 4.69) is 5.32 Å². The third-order valence-corrected chi connectivity index (χ3v) is 4.34. The lowest BCUT2D eigenvalue weighted by atomic mass is 10.1. The minimum atomic E-state index is -0.0551. The van der Waals surface area contributed by atoms with E-state index in [4.69, 9.17) is 11.6 Å². The van der Waals surface area contributed by atoms with Crippen LogP contribution in [0, 0.1) is 6.92 Å². The molecule has 3 nitrogen and oxygen atoms in total. The molecule has 0 bridgehead atoms. The molecule has 2 aromatic carbocycles. The fraction of sp³-hybridized carbons (Fsp3) is 0.211. The van der Waals surface area contributed by atoms with Crippen molar-refractivity contribution in [2.45, 2.75) is 26.9 Å². The van der Waals surface area contributed by atoms with Crippen molar-refractivity contribution in [1.29, 1.82) is 0 Å². The first kappa shape index (κ1) is 15.6. The highest BCUT2D eigenvalue weighted by molar-refractivity contribution is 6.31. The van der Waals surface area contributed by atoms with Crippen molar-refractivity contribution in [3.05, 3.63) is 70.4 Å². The molecule has 0 saturated carbocycles. The Balaban J connectivity index is 1.95. The fourth-order valence-corrected chi connectivity index (χ4v) is 3.15. The lowest BCUT2D eigenvalue weighted by Crippen LogP contribution is -2.26. The van der Waals surface area contributed by atoms with Crippen LogP contribution in [-0.2, 0) is 13.1 Å². The summed E-state index contributed by atoms with van der Waals surface area (Å²) < 4.78 is 2.04. The van der Waals surface area contributed by atoms with Gasteiger partial charge in [0.1, 0.15) is 5.69 Å². The van der Waals surface area contributed by atoms with Crippen molar-refractivity contribution >= 4 is 28.4 Å². The largest absolute Gasteiger partial charge is 0.347 e. The summed E-state index contributed by atoms with van der Waals surface area (Å²) in [5.41, 5.74) is 3.80. The first-order chi connectivity index (χ1) is 11.1. The van der Waals surface area contributed by atoms with Crippen LogP contribution >= 0.6 is 11.6 Å². The molecule has 0 saturated heterocycles. The highest BCUT2D eigenvalue weighted by Gasteiger charge is 2.19. The molecule has 0 radical (unpaired) electrons. The van der Waals surface area contributed by atoms with Gasteiger partial charge >= 0.3 is 0 Å². The molecule has 1 N–H and O–H groups in total. The first-order valence-electron chi connectivity index (χ1n) is 7.72. The molecule has 0 spiro atoms. The smallest absolute Gasteiger partial charge is 0.268 e. The second-order valence-electron chi connectivity index (χ2n) is 5.55. The van der Waals surface area contributed by atoms with Crippen LogP contribution in [0.1, 0.15) is 28.5 Å². The van der Waals surface area contributed by atoms with E-state index in [0.29, 0.717) is 17.3 Å². The molecular weight excluding hydrogens is 308 g/mol. The maximum absolute atomic E-state index is 12.7. The van der Waals surface area contributed by atoms with Crippen LogP contribution in [0.2, 0.25) is 5.02 Å². The van der Waals surface area contributed by atoms with Crippen LogP contribution in [0.15, 0.2) is 48.5 Å². The molecule has 3 rings (SSSR count). The highest BCUT2D eigenvalue weighted by atomic mass is 35.5. The van der Waals surface area contributed by atoms with Crippen LogP contribution in [0.5, 0.6) is 0 Å². The summed E-state index contributed by atoms with van der Waals surface area (Å²) in [6.45, 7) is 5.27. The number of carbonyl (C=O) groups excluding carboxylic acids is 1. The maximum Gasteiger partial charge on any atom is 0.268 e. The minimum Gasteiger partial charge on any atom is -0.347 e. The van der Waals surface area contributed by atoms with Gasteiger partial charge in [0, 0.05) is 29.0 Å². The lowest BCUT2D eigenvalue weighted by molar-refractivity contribution is 0.0941. The van der Waals surface area contributed by atoms with E-state index >= 15 is 0 Å². The molecule has 0 aliphatic heterocycles. The number of benzene rings is 2. The average molecular weight is 327 g/mol. The topological polar surface area (TPSA) is 34.0 Å². The molecular formula is C19H19ClN2O. The number of hydrogen-bond donors (Lipinski definition) is 1. The van der Waals surface area contributed by atoms with Gasteiger partial charge in [-0.25, -0.2) is 0 Å². The van der Waals surface area contributed by atoms with Gasteiger partial charge in [0.15, 0.2) is 0 Å². The Kier molecular flexibility index (Phi) is 4.39. The van der Waals surface area contributed by atoms with Crippen LogP contribution < -0.4 is 5.32 Å². The van der Waals surface area contributed by atoms with Crippen LogP contribution in [0.3, 0.4) is 0 Å². The van der Waals surface area contributed by atoms with Gasteiger partial charge in [-0.1, -0.05) is 41.9 Å². The van der Waals surface area contributed by atoms with Crippen molar-refractivity contribution in [1.82, 2.24) is 9.88 Å². The molecule has 0 aliphatic carbocycles. The van der Waals surface area contributed by atoms with Gasteiger partial charge in [-0.15, -0.1) is 0 Å². The lowest BCUT2D eigenvalue weighted by Gasteiger charge is -2.10. The van der Waals surface area contributed by atoms with Crippen molar-refractivity contribution in [3.8, 4) is 0 Å². The van der Waals surface area contributed by atoms with Crippen LogP contribution in [0.4, 0.5) is 0 Å². The standard InChI is InChI=1S/C19H19ClN2O/c1-3-22-17-10-9-15(20)11-16(17)13(2)18(22)19(23)21-12-14-7-5-4-6-8-14/h4-11H,3,12H2,1-2H3,(H,21,23). The summed E-state index contributed by atoms with van der Waals surface area (Å²) in [6.07, 6.45) is 0. The SMILES string of the molecule is CCn1c(C(=O)NCc2ccccc2)c(C)c2cc(Cl)ccc21. The highest BCUT2D eigenvalue weighted by Crippen LogP contribution is 2.28. The minimum absolute atomic E-state index is 0.0551. The normalized spacial score (nSPS) is 10.9. The number of aryl methyl sites for hydroxylation is 2. The fourth-order valence-electron chi connectivity index (χ4n) is 2.98. The molecule has 0 atom stereocenters. The van der Waals surface area contributed by atoms with E-state index in [1.54, 1.807) is 0 Å². The number of nitrogens with one attached hydrogen (secondary N) is 1. The van der Waals surface area contributed by atoms with Crippen LogP contribution in [-0.4, -0.2) is 10.5 Å². The Hall–Kier alpha value is -2.26. The van der Waals surface area contributed by atoms with E-state index in [-0.39, 0.29) is 5.91 Å². The summed E-state index contributed by atoms with van der Waals surface area (Å²) >= 11 is 6.11. The summed E-state index contributed by atoms with van der Waals surface area (Å²) in [5, 5.41) is 4.73. The quantitative estimate of drug-likeness (QED) is 0.749. The number of carbonyl (C=O) groups is 1. The molecule has 23 heavy (non-hydrogen) atoms. The number of fused-ring (bicyclic) bond motifs is 1. The zero-order valence-corrected chi connectivity index (χ0v) is 14.0. The summed E-state index contributed by atoms with van der Waals surface area (Å²) in [5.74, 6) is -0.0551. The van der Waals surface area contributed by atoms with Crippen molar-refractivity contribution in [2.24, 2.45) is 0 Å². The molecule has 118 valence electrons. The molecule has 1 amide bonds. The second kappa shape index (κ2) is 6.47. The van der Waals surface area contributed by atoms with Crippen molar-refractivity contribution in [3.63, 3.8) is 0 Å². The third kappa shape index (κ3) is 2.97. The zero-order chi connectivity index (χ0) is 16.4. The summed E-state index contributed by atoms with van der Waals surface area (Å²) in [7, 11) is 0. The van der Waals surface area contributed by atoms with E-state index in [1.807, 2.05) is 66.9 Å². The molecule has 1 heterocycles. The Morgan fingerprint density at radius 3 is 2.61 bits per heavy atom. The number of rotatable bonds is 4. The van der Waals surface area contributed by atoms with Gasteiger partial charge in [0.25, 0.3) is 5.91 Å². The number of amides is 1. The van der Waals surface area contributed by atoms with Gasteiger partial charge in [0.05, 0.1) is 0 Å². The summed E-state index contributed by atoms with van der Waals surface area (Å²) in [6, 6.07) is 15.7. The molecule has 4 heteroatoms. The average Bonchev–Trinajstić information content (AvgIpc) is 2.85. The van der Waals surface area contributed by atoms with Crippen LogP contribution in [0.25, 0.3) is 10.9 Å². The molecule has 0 aliphatic rings. The van der Waals surface area contributed by atoms with Gasteiger partial charge in [-0.3, -0.25) is 4.79 Å². The van der Waals surface area contributed by atoms with Gasteiger partial charge in [-0.05, 0) is 43.2 Å².